The molecular formula is C18H23N3O2S. The van der Waals surface area contributed by atoms with Crippen molar-refractivity contribution in [3.63, 3.8) is 0 Å². The molecule has 2 aliphatic rings. The Morgan fingerprint density at radius 1 is 1.12 bits per heavy atom. The summed E-state index contributed by atoms with van der Waals surface area (Å²) in [7, 11) is 0. The number of ether oxygens (including phenoxy) is 2. The Bertz CT molecular complexity index is 718. The van der Waals surface area contributed by atoms with Crippen LogP contribution in [-0.2, 0) is 6.54 Å². The Morgan fingerprint density at radius 3 is 2.58 bits per heavy atom. The molecule has 3 heterocycles. The lowest BCUT2D eigenvalue weighted by Gasteiger charge is -2.34. The molecule has 4 rings (SSSR count). The van der Waals surface area contributed by atoms with E-state index in [0.717, 1.165) is 49.9 Å². The van der Waals surface area contributed by atoms with Crippen molar-refractivity contribution in [1.29, 1.82) is 0 Å². The van der Waals surface area contributed by atoms with E-state index in [0.29, 0.717) is 0 Å². The molecule has 5 nitrogen and oxygen atoms in total. The smallest absolute Gasteiger partial charge is 0.238 e. The van der Waals surface area contributed by atoms with Gasteiger partial charge in [0.1, 0.15) is 0 Å². The molecule has 0 spiro atoms. The molecule has 1 aromatic heterocycles. The van der Waals surface area contributed by atoms with Crippen LogP contribution in [0.5, 0.6) is 11.5 Å². The highest BCUT2D eigenvalue weighted by molar-refractivity contribution is 7.15. The van der Waals surface area contributed by atoms with Gasteiger partial charge < -0.3 is 14.4 Å². The van der Waals surface area contributed by atoms with Crippen LogP contribution in [0.4, 0.5) is 5.13 Å². The van der Waals surface area contributed by atoms with Gasteiger partial charge in [-0.15, -0.1) is 11.3 Å². The van der Waals surface area contributed by atoms with Gasteiger partial charge in [0.25, 0.3) is 0 Å². The molecule has 0 amide bonds. The van der Waals surface area contributed by atoms with E-state index < -0.39 is 0 Å². The maximum absolute atomic E-state index is 5.67. The van der Waals surface area contributed by atoms with Crippen molar-refractivity contribution >= 4 is 16.5 Å². The van der Waals surface area contributed by atoms with E-state index in [-0.39, 0.29) is 6.29 Å². The minimum atomic E-state index is -0.177. The highest BCUT2D eigenvalue weighted by Crippen LogP contribution is 2.35. The Balaban J connectivity index is 1.36. The number of aromatic nitrogens is 1. The fourth-order valence-corrected chi connectivity index (χ4v) is 4.13. The molecule has 1 saturated heterocycles. The predicted octanol–water partition coefficient (Wildman–Crippen LogP) is 3.20. The van der Waals surface area contributed by atoms with Crippen molar-refractivity contribution in [1.82, 2.24) is 9.88 Å². The van der Waals surface area contributed by atoms with Gasteiger partial charge >= 0.3 is 0 Å². The van der Waals surface area contributed by atoms with Crippen molar-refractivity contribution < 1.29 is 9.47 Å². The Labute approximate surface area is 146 Å². The van der Waals surface area contributed by atoms with E-state index in [2.05, 4.69) is 40.8 Å². The zero-order valence-electron chi connectivity index (χ0n) is 14.4. The quantitative estimate of drug-likeness (QED) is 0.854. The minimum absolute atomic E-state index is 0.177. The van der Waals surface area contributed by atoms with Crippen LogP contribution in [0.3, 0.4) is 0 Å². The second kappa shape index (κ2) is 6.26. The second-order valence-corrected chi connectivity index (χ2v) is 7.67. The summed E-state index contributed by atoms with van der Waals surface area (Å²) in [5.41, 5.74) is 2.44. The average Bonchev–Trinajstić information content (AvgIpc) is 3.09. The Morgan fingerprint density at radius 2 is 1.88 bits per heavy atom. The molecule has 1 unspecified atom stereocenters. The number of piperazine rings is 1. The summed E-state index contributed by atoms with van der Waals surface area (Å²) in [4.78, 5) is 10.9. The van der Waals surface area contributed by atoms with Crippen molar-refractivity contribution in [3.05, 3.63) is 34.3 Å². The number of anilines is 1. The average molecular weight is 345 g/mol. The normalized spacial score (nSPS) is 20.6. The van der Waals surface area contributed by atoms with E-state index in [1.807, 2.05) is 13.0 Å². The number of rotatable bonds is 3. The molecule has 128 valence electrons. The third kappa shape index (κ3) is 3.08. The zero-order chi connectivity index (χ0) is 16.7. The number of benzene rings is 1. The van der Waals surface area contributed by atoms with Gasteiger partial charge in [0.05, 0.1) is 5.69 Å². The molecule has 1 aromatic carbocycles. The van der Waals surface area contributed by atoms with Crippen molar-refractivity contribution in [2.24, 2.45) is 0 Å². The molecule has 0 saturated carbocycles. The summed E-state index contributed by atoms with van der Waals surface area (Å²) in [6, 6.07) is 6.27. The summed E-state index contributed by atoms with van der Waals surface area (Å²) < 4.78 is 11.2. The van der Waals surface area contributed by atoms with Crippen LogP contribution in [0.15, 0.2) is 18.2 Å². The maximum atomic E-state index is 5.67. The first-order valence-corrected chi connectivity index (χ1v) is 9.28. The van der Waals surface area contributed by atoms with E-state index >= 15 is 0 Å². The lowest BCUT2D eigenvalue weighted by atomic mass is 10.1. The molecule has 6 heteroatoms. The summed E-state index contributed by atoms with van der Waals surface area (Å²) >= 11 is 1.81. The molecule has 1 atom stereocenters. The van der Waals surface area contributed by atoms with E-state index in [1.165, 1.54) is 15.6 Å². The van der Waals surface area contributed by atoms with Gasteiger partial charge in [-0.25, -0.2) is 4.98 Å². The van der Waals surface area contributed by atoms with Gasteiger partial charge in [0.2, 0.25) is 6.29 Å². The van der Waals surface area contributed by atoms with Crippen LogP contribution in [0, 0.1) is 13.8 Å². The molecule has 0 aliphatic carbocycles. The van der Waals surface area contributed by atoms with Crippen LogP contribution >= 0.6 is 11.3 Å². The van der Waals surface area contributed by atoms with E-state index in [9.17, 15) is 0 Å². The minimum Gasteiger partial charge on any atom is -0.451 e. The third-order valence-corrected chi connectivity index (χ3v) is 5.79. The molecule has 2 aliphatic heterocycles. The van der Waals surface area contributed by atoms with Gasteiger partial charge in [-0.2, -0.15) is 0 Å². The Kier molecular flexibility index (Phi) is 4.10. The fraction of sp³-hybridized carbons (Fsp3) is 0.500. The maximum Gasteiger partial charge on any atom is 0.238 e. The van der Waals surface area contributed by atoms with Crippen LogP contribution in [0.2, 0.25) is 0 Å². The molecule has 1 fully saturated rings. The summed E-state index contributed by atoms with van der Waals surface area (Å²) in [5.74, 6) is 1.72. The lowest BCUT2D eigenvalue weighted by Crippen LogP contribution is -2.45. The zero-order valence-corrected chi connectivity index (χ0v) is 15.2. The predicted molar refractivity (Wildman–Crippen MR) is 96.2 cm³/mol. The van der Waals surface area contributed by atoms with Crippen LogP contribution in [0.1, 0.15) is 23.1 Å². The van der Waals surface area contributed by atoms with Gasteiger partial charge in [-0.1, -0.05) is 6.07 Å². The molecule has 0 radical (unpaired) electrons. The molecule has 0 bridgehead atoms. The standard InChI is InChI=1S/C18H23N3O2S/c1-12-13(2)24-18(19-12)21-8-6-20(7-9-21)11-15-4-5-16-17(10-15)23-14(3)22-16/h4-5,10,14H,6-9,11H2,1-3H3. The molecule has 24 heavy (non-hydrogen) atoms. The van der Waals surface area contributed by atoms with E-state index in [1.54, 1.807) is 11.3 Å². The number of hydrogen-bond donors (Lipinski definition) is 0. The number of fused-ring (bicyclic) bond motifs is 1. The highest BCUT2D eigenvalue weighted by Gasteiger charge is 2.22. The number of nitrogens with zero attached hydrogens (tertiary/aromatic N) is 3. The second-order valence-electron chi connectivity index (χ2n) is 6.49. The number of thiazole rings is 1. The third-order valence-electron chi connectivity index (χ3n) is 4.66. The highest BCUT2D eigenvalue weighted by atomic mass is 32.1. The van der Waals surface area contributed by atoms with Gasteiger partial charge in [0, 0.05) is 44.5 Å². The summed E-state index contributed by atoms with van der Waals surface area (Å²) in [6.45, 7) is 11.3. The number of hydrogen-bond acceptors (Lipinski definition) is 6. The SMILES string of the molecule is Cc1nc(N2CCN(Cc3ccc4c(c3)OC(C)O4)CC2)sc1C. The van der Waals surface area contributed by atoms with Gasteiger partial charge in [-0.05, 0) is 31.5 Å². The topological polar surface area (TPSA) is 37.8 Å². The van der Waals surface area contributed by atoms with Crippen molar-refractivity contribution in [2.45, 2.75) is 33.6 Å². The van der Waals surface area contributed by atoms with Crippen molar-refractivity contribution in [3.8, 4) is 11.5 Å². The largest absolute Gasteiger partial charge is 0.451 e. The van der Waals surface area contributed by atoms with Crippen molar-refractivity contribution in [2.75, 3.05) is 31.1 Å². The first kappa shape index (κ1) is 15.7. The molecular weight excluding hydrogens is 322 g/mol. The van der Waals surface area contributed by atoms with E-state index in [4.69, 9.17) is 9.47 Å². The van der Waals surface area contributed by atoms with Gasteiger partial charge in [0.15, 0.2) is 16.6 Å². The number of aryl methyl sites for hydroxylation is 2. The summed E-state index contributed by atoms with van der Waals surface area (Å²) in [6.07, 6.45) is -0.177. The lowest BCUT2D eigenvalue weighted by molar-refractivity contribution is 0.0678. The Hall–Kier alpha value is -1.79. The van der Waals surface area contributed by atoms with Crippen LogP contribution < -0.4 is 14.4 Å². The first-order valence-electron chi connectivity index (χ1n) is 8.46. The van der Waals surface area contributed by atoms with Crippen LogP contribution in [0.25, 0.3) is 0 Å². The van der Waals surface area contributed by atoms with Gasteiger partial charge in [-0.3, -0.25) is 4.90 Å². The fourth-order valence-electron chi connectivity index (χ4n) is 3.17. The molecule has 0 N–H and O–H groups in total. The molecule has 2 aromatic rings. The monoisotopic (exact) mass is 345 g/mol. The first-order chi connectivity index (χ1) is 11.6. The van der Waals surface area contributed by atoms with Crippen LogP contribution in [-0.4, -0.2) is 42.4 Å². The summed E-state index contributed by atoms with van der Waals surface area (Å²) in [5, 5.41) is 1.17.